The van der Waals surface area contributed by atoms with Gasteiger partial charge in [0.15, 0.2) is 0 Å². The Morgan fingerprint density at radius 3 is 2.94 bits per heavy atom. The molecule has 16 heavy (non-hydrogen) atoms. The molecular weight excluding hydrogens is 320 g/mol. The fourth-order valence-corrected chi connectivity index (χ4v) is 2.04. The molecular formula is C11H11FIN3. The highest BCUT2D eigenvalue weighted by molar-refractivity contribution is 14.1. The smallest absolute Gasteiger partial charge is 0.127 e. The number of aryl methyl sites for hydroxylation is 1. The second kappa shape index (κ2) is 4.82. The van der Waals surface area contributed by atoms with E-state index in [1.54, 1.807) is 12.3 Å². The first-order chi connectivity index (χ1) is 7.66. The van der Waals surface area contributed by atoms with Gasteiger partial charge in [0.1, 0.15) is 11.6 Å². The number of imidazole rings is 1. The van der Waals surface area contributed by atoms with Crippen LogP contribution >= 0.6 is 22.6 Å². The van der Waals surface area contributed by atoms with E-state index in [0.29, 0.717) is 6.54 Å². The van der Waals surface area contributed by atoms with E-state index in [4.69, 9.17) is 0 Å². The summed E-state index contributed by atoms with van der Waals surface area (Å²) in [4.78, 5) is 4.20. The predicted molar refractivity (Wildman–Crippen MR) is 69.7 cm³/mol. The van der Waals surface area contributed by atoms with Gasteiger partial charge in [0.2, 0.25) is 0 Å². The number of hydrogen-bond donors (Lipinski definition) is 1. The molecule has 2 aromatic rings. The molecule has 0 atom stereocenters. The molecule has 0 radical (unpaired) electrons. The Labute approximate surface area is 107 Å². The molecule has 0 bridgehead atoms. The average molecular weight is 331 g/mol. The van der Waals surface area contributed by atoms with Crippen molar-refractivity contribution in [2.24, 2.45) is 7.05 Å². The largest absolute Gasteiger partial charge is 0.377 e. The molecule has 0 amide bonds. The standard InChI is InChI=1S/C11H11FIN3/c1-16-5-4-14-11(16)7-15-10-3-2-8(12)6-9(10)13/h2-6,15H,7H2,1H3. The second-order valence-electron chi connectivity index (χ2n) is 3.43. The maximum Gasteiger partial charge on any atom is 0.127 e. The topological polar surface area (TPSA) is 29.9 Å². The summed E-state index contributed by atoms with van der Waals surface area (Å²) in [6.07, 6.45) is 3.65. The van der Waals surface area contributed by atoms with Crippen LogP contribution in [0.1, 0.15) is 5.82 Å². The maximum absolute atomic E-state index is 12.9. The lowest BCUT2D eigenvalue weighted by Crippen LogP contribution is -2.06. The Hall–Kier alpha value is -1.11. The maximum atomic E-state index is 12.9. The lowest BCUT2D eigenvalue weighted by molar-refractivity contribution is 0.627. The van der Waals surface area contributed by atoms with E-state index in [0.717, 1.165) is 15.1 Å². The van der Waals surface area contributed by atoms with Gasteiger partial charge in [-0.3, -0.25) is 0 Å². The average Bonchev–Trinajstić information content (AvgIpc) is 2.63. The summed E-state index contributed by atoms with van der Waals surface area (Å²) >= 11 is 2.11. The molecule has 1 N–H and O–H groups in total. The number of aromatic nitrogens is 2. The number of hydrogen-bond acceptors (Lipinski definition) is 2. The Bertz CT molecular complexity index is 496. The number of nitrogens with one attached hydrogen (secondary N) is 1. The molecule has 5 heteroatoms. The highest BCUT2D eigenvalue weighted by Crippen LogP contribution is 2.19. The van der Waals surface area contributed by atoms with Gasteiger partial charge in [-0.25, -0.2) is 9.37 Å². The second-order valence-corrected chi connectivity index (χ2v) is 4.59. The van der Waals surface area contributed by atoms with Crippen LogP contribution in [0.3, 0.4) is 0 Å². The third kappa shape index (κ3) is 2.52. The van der Waals surface area contributed by atoms with Crippen molar-refractivity contribution in [2.45, 2.75) is 6.54 Å². The molecule has 0 saturated heterocycles. The fourth-order valence-electron chi connectivity index (χ4n) is 1.37. The minimum absolute atomic E-state index is 0.216. The highest BCUT2D eigenvalue weighted by atomic mass is 127. The van der Waals surface area contributed by atoms with Crippen LogP contribution < -0.4 is 5.32 Å². The van der Waals surface area contributed by atoms with Crippen molar-refractivity contribution < 1.29 is 4.39 Å². The summed E-state index contributed by atoms with van der Waals surface area (Å²) in [7, 11) is 1.94. The first-order valence-corrected chi connectivity index (χ1v) is 5.90. The van der Waals surface area contributed by atoms with Gasteiger partial charge in [-0.1, -0.05) is 0 Å². The predicted octanol–water partition coefficient (Wildman–Crippen LogP) is 2.78. The molecule has 1 aromatic carbocycles. The summed E-state index contributed by atoms with van der Waals surface area (Å²) in [6.45, 7) is 0.630. The van der Waals surface area contributed by atoms with Gasteiger partial charge in [0, 0.05) is 28.7 Å². The van der Waals surface area contributed by atoms with Gasteiger partial charge in [0.25, 0.3) is 0 Å². The molecule has 1 aromatic heterocycles. The summed E-state index contributed by atoms with van der Waals surface area (Å²) in [5, 5.41) is 3.23. The molecule has 0 aliphatic carbocycles. The van der Waals surface area contributed by atoms with Crippen LogP contribution in [0.15, 0.2) is 30.6 Å². The van der Waals surface area contributed by atoms with E-state index < -0.39 is 0 Å². The van der Waals surface area contributed by atoms with Crippen LogP contribution in [0.5, 0.6) is 0 Å². The van der Waals surface area contributed by atoms with E-state index in [9.17, 15) is 4.39 Å². The third-order valence-electron chi connectivity index (χ3n) is 2.29. The van der Waals surface area contributed by atoms with Gasteiger partial charge in [-0.2, -0.15) is 0 Å². The first kappa shape index (κ1) is 11.4. The van der Waals surface area contributed by atoms with Crippen molar-refractivity contribution in [3.05, 3.63) is 45.8 Å². The number of nitrogens with zero attached hydrogens (tertiary/aromatic N) is 2. The van der Waals surface area contributed by atoms with Crippen LogP contribution in [0.2, 0.25) is 0 Å². The third-order valence-corrected chi connectivity index (χ3v) is 3.18. The van der Waals surface area contributed by atoms with E-state index >= 15 is 0 Å². The fraction of sp³-hybridized carbons (Fsp3) is 0.182. The van der Waals surface area contributed by atoms with Gasteiger partial charge >= 0.3 is 0 Å². The van der Waals surface area contributed by atoms with Gasteiger partial charge in [-0.15, -0.1) is 0 Å². The normalized spacial score (nSPS) is 10.4. The van der Waals surface area contributed by atoms with Crippen LogP contribution in [0.4, 0.5) is 10.1 Å². The van der Waals surface area contributed by atoms with Crippen molar-refractivity contribution in [1.82, 2.24) is 9.55 Å². The van der Waals surface area contributed by atoms with E-state index in [1.807, 2.05) is 17.8 Å². The van der Waals surface area contributed by atoms with Crippen molar-refractivity contribution in [3.63, 3.8) is 0 Å². The summed E-state index contributed by atoms with van der Waals surface area (Å²) < 4.78 is 15.7. The molecule has 0 fully saturated rings. The molecule has 0 saturated carbocycles. The SMILES string of the molecule is Cn1ccnc1CNc1ccc(F)cc1I. The van der Waals surface area contributed by atoms with Gasteiger partial charge in [-0.05, 0) is 40.8 Å². The molecule has 84 valence electrons. The molecule has 0 aliphatic rings. The highest BCUT2D eigenvalue weighted by Gasteiger charge is 2.03. The Morgan fingerprint density at radius 2 is 2.31 bits per heavy atom. The number of anilines is 1. The zero-order valence-electron chi connectivity index (χ0n) is 8.74. The van der Waals surface area contributed by atoms with Crippen molar-refractivity contribution in [2.75, 3.05) is 5.32 Å². The minimum atomic E-state index is -0.216. The molecule has 3 nitrogen and oxygen atoms in total. The Balaban J connectivity index is 2.08. The number of benzene rings is 1. The van der Waals surface area contributed by atoms with E-state index in [2.05, 4.69) is 32.9 Å². The van der Waals surface area contributed by atoms with Crippen molar-refractivity contribution >= 4 is 28.3 Å². The van der Waals surface area contributed by atoms with E-state index in [-0.39, 0.29) is 5.82 Å². The van der Waals surface area contributed by atoms with Crippen LogP contribution in [-0.4, -0.2) is 9.55 Å². The lowest BCUT2D eigenvalue weighted by atomic mass is 10.3. The molecule has 1 heterocycles. The molecule has 2 rings (SSSR count). The lowest BCUT2D eigenvalue weighted by Gasteiger charge is -2.08. The van der Waals surface area contributed by atoms with Gasteiger partial charge in [0.05, 0.1) is 6.54 Å². The zero-order valence-corrected chi connectivity index (χ0v) is 10.9. The van der Waals surface area contributed by atoms with Crippen molar-refractivity contribution in [1.29, 1.82) is 0 Å². The van der Waals surface area contributed by atoms with Crippen LogP contribution in [0, 0.1) is 9.39 Å². The summed E-state index contributed by atoms with van der Waals surface area (Å²) in [5.41, 5.74) is 0.921. The minimum Gasteiger partial charge on any atom is -0.377 e. The number of rotatable bonds is 3. The monoisotopic (exact) mass is 331 g/mol. The Morgan fingerprint density at radius 1 is 1.50 bits per heavy atom. The first-order valence-electron chi connectivity index (χ1n) is 4.82. The Kier molecular flexibility index (Phi) is 3.42. The molecule has 0 spiro atoms. The zero-order chi connectivity index (χ0) is 11.5. The van der Waals surface area contributed by atoms with E-state index in [1.165, 1.54) is 12.1 Å². The number of halogens is 2. The van der Waals surface area contributed by atoms with Crippen LogP contribution in [0.25, 0.3) is 0 Å². The quantitative estimate of drug-likeness (QED) is 0.877. The summed E-state index contributed by atoms with van der Waals surface area (Å²) in [5.74, 6) is 0.729. The summed E-state index contributed by atoms with van der Waals surface area (Å²) in [6, 6.07) is 4.68. The molecule has 0 unspecified atom stereocenters. The molecule has 0 aliphatic heterocycles. The van der Waals surface area contributed by atoms with Crippen molar-refractivity contribution in [3.8, 4) is 0 Å². The van der Waals surface area contributed by atoms with Gasteiger partial charge < -0.3 is 9.88 Å². The van der Waals surface area contributed by atoms with Crippen LogP contribution in [-0.2, 0) is 13.6 Å².